The van der Waals surface area contributed by atoms with Crippen LogP contribution in [-0.4, -0.2) is 16.1 Å². The molecule has 0 bridgehead atoms. The first-order chi connectivity index (χ1) is 9.10. The average molecular weight is 321 g/mol. The van der Waals surface area contributed by atoms with Gasteiger partial charge in [-0.1, -0.05) is 19.1 Å². The average Bonchev–Trinajstić information content (AvgIpc) is 2.41. The van der Waals surface area contributed by atoms with Gasteiger partial charge in [0, 0.05) is 11.9 Å². The fourth-order valence-corrected chi connectivity index (χ4v) is 2.06. The van der Waals surface area contributed by atoms with Gasteiger partial charge in [-0.2, -0.15) is 0 Å². The summed E-state index contributed by atoms with van der Waals surface area (Å²) in [5.74, 6) is -0.402. The van der Waals surface area contributed by atoms with E-state index in [4.69, 9.17) is 5.11 Å². The number of nitrogens with one attached hydrogen (secondary N) is 1. The summed E-state index contributed by atoms with van der Waals surface area (Å²) in [6.07, 6.45) is 2.32. The van der Waals surface area contributed by atoms with Crippen molar-refractivity contribution < 1.29 is 9.90 Å². The summed E-state index contributed by atoms with van der Waals surface area (Å²) in [5, 5.41) is 12.0. The highest BCUT2D eigenvalue weighted by atomic mass is 79.9. The number of halogens is 1. The normalized spacial score (nSPS) is 10.2. The summed E-state index contributed by atoms with van der Waals surface area (Å²) in [6, 6.07) is 9.55. The van der Waals surface area contributed by atoms with E-state index in [1.807, 2.05) is 24.3 Å². The minimum atomic E-state index is -0.993. The second-order valence-electron chi connectivity index (χ2n) is 4.04. The maximum Gasteiger partial charge on any atom is 0.337 e. The number of pyridine rings is 1. The quantitative estimate of drug-likeness (QED) is 0.898. The summed E-state index contributed by atoms with van der Waals surface area (Å²) in [6.45, 7) is 2.10. The predicted octanol–water partition coefficient (Wildman–Crippen LogP) is 3.85. The van der Waals surface area contributed by atoms with Gasteiger partial charge in [-0.25, -0.2) is 9.78 Å². The highest BCUT2D eigenvalue weighted by Gasteiger charge is 2.08. The van der Waals surface area contributed by atoms with Crippen molar-refractivity contribution in [1.29, 1.82) is 0 Å². The number of benzene rings is 1. The zero-order valence-electron chi connectivity index (χ0n) is 10.4. The topological polar surface area (TPSA) is 62.2 Å². The Morgan fingerprint density at radius 1 is 1.37 bits per heavy atom. The molecule has 0 saturated heterocycles. The first-order valence-corrected chi connectivity index (χ1v) is 6.64. The summed E-state index contributed by atoms with van der Waals surface area (Å²) in [7, 11) is 0. The summed E-state index contributed by atoms with van der Waals surface area (Å²) >= 11 is 3.31. The predicted molar refractivity (Wildman–Crippen MR) is 78.0 cm³/mol. The fourth-order valence-electron chi connectivity index (χ4n) is 1.61. The number of aryl methyl sites for hydroxylation is 1. The summed E-state index contributed by atoms with van der Waals surface area (Å²) in [4.78, 5) is 14.9. The largest absolute Gasteiger partial charge is 0.478 e. The summed E-state index contributed by atoms with van der Waals surface area (Å²) in [5.41, 5.74) is 2.33. The number of anilines is 2. The van der Waals surface area contributed by atoms with Crippen LogP contribution in [0.3, 0.4) is 0 Å². The number of rotatable bonds is 4. The number of carboxylic acid groups (broad SMARTS) is 1. The molecule has 1 aromatic heterocycles. The number of carbonyl (C=O) groups is 1. The Bertz CT molecular complexity index is 597. The first kappa shape index (κ1) is 13.5. The molecule has 5 heteroatoms. The lowest BCUT2D eigenvalue weighted by atomic mass is 10.1. The lowest BCUT2D eigenvalue weighted by Crippen LogP contribution is -2.00. The molecule has 0 fully saturated rings. The highest BCUT2D eigenvalue weighted by Crippen LogP contribution is 2.24. The van der Waals surface area contributed by atoms with Crippen LogP contribution in [0.25, 0.3) is 0 Å². The molecule has 0 radical (unpaired) electrons. The van der Waals surface area contributed by atoms with E-state index in [9.17, 15) is 4.79 Å². The molecule has 1 heterocycles. The molecule has 0 saturated carbocycles. The smallest absolute Gasteiger partial charge is 0.337 e. The minimum absolute atomic E-state index is 0.152. The fraction of sp³-hybridized carbons (Fsp3) is 0.143. The van der Waals surface area contributed by atoms with E-state index in [1.165, 1.54) is 17.8 Å². The van der Waals surface area contributed by atoms with E-state index in [0.717, 1.165) is 12.1 Å². The monoisotopic (exact) mass is 320 g/mol. The molecule has 4 nitrogen and oxygen atoms in total. The number of hydrogen-bond donors (Lipinski definition) is 2. The molecule has 98 valence electrons. The van der Waals surface area contributed by atoms with Gasteiger partial charge in [0.2, 0.25) is 0 Å². The Hall–Kier alpha value is -1.88. The Morgan fingerprint density at radius 2 is 2.05 bits per heavy atom. The van der Waals surface area contributed by atoms with Crippen molar-refractivity contribution in [1.82, 2.24) is 4.98 Å². The van der Waals surface area contributed by atoms with Crippen molar-refractivity contribution in [3.05, 3.63) is 52.1 Å². The van der Waals surface area contributed by atoms with Crippen LogP contribution in [0, 0.1) is 0 Å². The lowest BCUT2D eigenvalue weighted by molar-refractivity contribution is 0.0696. The Kier molecular flexibility index (Phi) is 4.16. The second kappa shape index (κ2) is 5.84. The van der Waals surface area contributed by atoms with E-state index < -0.39 is 5.97 Å². The van der Waals surface area contributed by atoms with Gasteiger partial charge in [-0.15, -0.1) is 0 Å². The van der Waals surface area contributed by atoms with Crippen molar-refractivity contribution in [2.24, 2.45) is 0 Å². The molecule has 0 aliphatic heterocycles. The maximum absolute atomic E-state index is 10.8. The summed E-state index contributed by atoms with van der Waals surface area (Å²) < 4.78 is 0.618. The number of aromatic nitrogens is 1. The van der Waals surface area contributed by atoms with Gasteiger partial charge in [-0.05, 0) is 46.1 Å². The van der Waals surface area contributed by atoms with Crippen molar-refractivity contribution in [3.8, 4) is 0 Å². The van der Waals surface area contributed by atoms with Gasteiger partial charge >= 0.3 is 5.97 Å². The molecule has 1 aromatic carbocycles. The van der Waals surface area contributed by atoms with Crippen LogP contribution in [0.2, 0.25) is 0 Å². The van der Waals surface area contributed by atoms with Gasteiger partial charge in [0.15, 0.2) is 0 Å². The van der Waals surface area contributed by atoms with Crippen LogP contribution in [0.1, 0.15) is 22.8 Å². The molecule has 19 heavy (non-hydrogen) atoms. The van der Waals surface area contributed by atoms with Crippen molar-refractivity contribution in [3.63, 3.8) is 0 Å². The van der Waals surface area contributed by atoms with Gasteiger partial charge in [0.05, 0.1) is 10.0 Å². The minimum Gasteiger partial charge on any atom is -0.478 e. The molecule has 2 N–H and O–H groups in total. The van der Waals surface area contributed by atoms with Gasteiger partial charge in [0.1, 0.15) is 5.82 Å². The number of aromatic carboxylic acids is 1. The number of nitrogens with zero attached hydrogens (tertiary/aromatic N) is 1. The van der Waals surface area contributed by atoms with E-state index in [0.29, 0.717) is 10.3 Å². The maximum atomic E-state index is 10.8. The number of carboxylic acids is 1. The standard InChI is InChI=1S/C14H13BrN2O2/c1-2-9-3-5-11(6-4-9)17-13-12(15)7-10(8-16-13)14(18)19/h3-8H,2H2,1H3,(H,16,17)(H,18,19). The van der Waals surface area contributed by atoms with Crippen LogP contribution in [-0.2, 0) is 6.42 Å². The van der Waals surface area contributed by atoms with Crippen LogP contribution in [0.15, 0.2) is 41.0 Å². The number of hydrogen-bond acceptors (Lipinski definition) is 3. The van der Waals surface area contributed by atoms with E-state index in [1.54, 1.807) is 0 Å². The van der Waals surface area contributed by atoms with Crippen molar-refractivity contribution in [2.75, 3.05) is 5.32 Å². The third-order valence-corrected chi connectivity index (χ3v) is 3.32. The third kappa shape index (κ3) is 3.32. The van der Waals surface area contributed by atoms with E-state index in [-0.39, 0.29) is 5.56 Å². The molecule has 0 spiro atoms. The van der Waals surface area contributed by atoms with Crippen LogP contribution in [0.5, 0.6) is 0 Å². The second-order valence-corrected chi connectivity index (χ2v) is 4.89. The van der Waals surface area contributed by atoms with Crippen molar-refractivity contribution in [2.45, 2.75) is 13.3 Å². The Labute approximate surface area is 119 Å². The van der Waals surface area contributed by atoms with E-state index in [2.05, 4.69) is 33.2 Å². The first-order valence-electron chi connectivity index (χ1n) is 5.85. The van der Waals surface area contributed by atoms with Crippen LogP contribution in [0.4, 0.5) is 11.5 Å². The van der Waals surface area contributed by atoms with E-state index >= 15 is 0 Å². The van der Waals surface area contributed by atoms with Crippen LogP contribution >= 0.6 is 15.9 Å². The third-order valence-electron chi connectivity index (χ3n) is 2.71. The highest BCUT2D eigenvalue weighted by molar-refractivity contribution is 9.10. The lowest BCUT2D eigenvalue weighted by Gasteiger charge is -2.08. The molecule has 2 rings (SSSR count). The molecule has 0 amide bonds. The van der Waals surface area contributed by atoms with Gasteiger partial charge < -0.3 is 10.4 Å². The zero-order valence-corrected chi connectivity index (χ0v) is 11.9. The van der Waals surface area contributed by atoms with Gasteiger partial charge in [-0.3, -0.25) is 0 Å². The molecule has 0 aliphatic rings. The van der Waals surface area contributed by atoms with Crippen LogP contribution < -0.4 is 5.32 Å². The van der Waals surface area contributed by atoms with Gasteiger partial charge in [0.25, 0.3) is 0 Å². The Morgan fingerprint density at radius 3 is 2.58 bits per heavy atom. The molecule has 0 unspecified atom stereocenters. The Balaban J connectivity index is 2.20. The molecular weight excluding hydrogens is 308 g/mol. The van der Waals surface area contributed by atoms with Crippen molar-refractivity contribution >= 4 is 33.4 Å². The molecule has 2 aromatic rings. The zero-order chi connectivity index (χ0) is 13.8. The SMILES string of the molecule is CCc1ccc(Nc2ncc(C(=O)O)cc2Br)cc1. The molecular formula is C14H13BrN2O2. The molecule has 0 aliphatic carbocycles. The molecule has 0 atom stereocenters.